The number of hydrogen-bond acceptors (Lipinski definition) is 7. The molecule has 4 aromatic rings. The van der Waals surface area contributed by atoms with Crippen LogP contribution in [0.4, 0.5) is 14.6 Å². The van der Waals surface area contributed by atoms with Gasteiger partial charge in [-0.3, -0.25) is 4.79 Å². The summed E-state index contributed by atoms with van der Waals surface area (Å²) in [5.74, 6) is 3.29. The zero-order valence-electron chi connectivity index (χ0n) is 21.1. The molecule has 2 aromatic heterocycles. The van der Waals surface area contributed by atoms with Crippen molar-refractivity contribution in [3.63, 3.8) is 0 Å². The first-order chi connectivity index (χ1) is 19.2. The molecule has 0 bridgehead atoms. The third kappa shape index (κ3) is 4.25. The van der Waals surface area contributed by atoms with E-state index in [2.05, 4.69) is 37.4 Å². The predicted molar refractivity (Wildman–Crippen MR) is 142 cm³/mol. The highest BCUT2D eigenvalue weighted by molar-refractivity contribution is 6.30. The highest BCUT2D eigenvalue weighted by Crippen LogP contribution is 2.67. The van der Waals surface area contributed by atoms with Gasteiger partial charge in [0.1, 0.15) is 6.10 Å². The van der Waals surface area contributed by atoms with E-state index in [4.69, 9.17) is 11.6 Å². The second kappa shape index (κ2) is 9.82. The molecule has 0 saturated heterocycles. The fraction of sp³-hybridized carbons (Fsp3) is 0.286. The highest BCUT2D eigenvalue weighted by Gasteiger charge is 2.75. The monoisotopic (exact) mass is 564 g/mol. The van der Waals surface area contributed by atoms with Crippen LogP contribution in [-0.2, 0) is 11.3 Å². The minimum atomic E-state index is -1.25. The van der Waals surface area contributed by atoms with Crippen molar-refractivity contribution in [1.82, 2.24) is 24.8 Å². The fourth-order valence-electron chi connectivity index (χ4n) is 5.64. The van der Waals surface area contributed by atoms with Gasteiger partial charge in [0.2, 0.25) is 11.7 Å². The van der Waals surface area contributed by atoms with E-state index in [1.165, 1.54) is 19.4 Å². The number of nitrogens with zero attached hydrogens (tertiary/aromatic N) is 4. The van der Waals surface area contributed by atoms with Gasteiger partial charge in [-0.05, 0) is 48.2 Å². The van der Waals surface area contributed by atoms with Crippen LogP contribution in [0.25, 0.3) is 11.2 Å². The van der Waals surface area contributed by atoms with Crippen LogP contribution in [0, 0.1) is 34.8 Å². The third-order valence-electron chi connectivity index (χ3n) is 7.65. The van der Waals surface area contributed by atoms with Gasteiger partial charge < -0.3 is 25.4 Å². The average molecular weight is 565 g/mol. The second-order valence-electron chi connectivity index (χ2n) is 9.94. The molecule has 204 valence electrons. The van der Waals surface area contributed by atoms with Crippen molar-refractivity contribution in [2.24, 2.45) is 11.3 Å². The predicted octanol–water partition coefficient (Wildman–Crippen LogP) is 2.80. The molecule has 2 aromatic carbocycles. The molecule has 4 N–H and O–H groups in total. The van der Waals surface area contributed by atoms with Crippen LogP contribution in [0.15, 0.2) is 48.8 Å². The Hall–Kier alpha value is -4.11. The topological polar surface area (TPSA) is 125 Å². The molecule has 2 aliphatic rings. The van der Waals surface area contributed by atoms with Crippen molar-refractivity contribution in [1.29, 1.82) is 0 Å². The summed E-state index contributed by atoms with van der Waals surface area (Å²) < 4.78 is 28.7. The van der Waals surface area contributed by atoms with Crippen LogP contribution in [0.3, 0.4) is 0 Å². The zero-order chi connectivity index (χ0) is 28.2. The van der Waals surface area contributed by atoms with Crippen molar-refractivity contribution in [2.75, 3.05) is 12.4 Å². The van der Waals surface area contributed by atoms with Crippen molar-refractivity contribution in [2.45, 2.75) is 31.2 Å². The molecule has 0 aliphatic heterocycles. The van der Waals surface area contributed by atoms with Gasteiger partial charge in [0.05, 0.1) is 23.9 Å². The summed E-state index contributed by atoms with van der Waals surface area (Å²) in [6.45, 7) is 0.350. The van der Waals surface area contributed by atoms with Crippen molar-refractivity contribution in [3.05, 3.63) is 82.4 Å². The Morgan fingerprint density at radius 2 is 2.00 bits per heavy atom. The molecule has 2 heterocycles. The van der Waals surface area contributed by atoms with E-state index in [1.54, 1.807) is 16.7 Å². The maximum atomic E-state index is 13.7. The number of carbonyl (C=O) groups is 1. The quantitative estimate of drug-likeness (QED) is 0.275. The number of imidazole rings is 1. The summed E-state index contributed by atoms with van der Waals surface area (Å²) in [4.78, 5) is 26.2. The molecule has 12 heteroatoms. The number of halogens is 3. The van der Waals surface area contributed by atoms with E-state index in [0.29, 0.717) is 35.0 Å². The molecule has 2 fully saturated rings. The van der Waals surface area contributed by atoms with Crippen LogP contribution >= 0.6 is 11.6 Å². The van der Waals surface area contributed by atoms with Gasteiger partial charge in [0.15, 0.2) is 28.6 Å². The zero-order valence-corrected chi connectivity index (χ0v) is 21.8. The number of anilines is 1. The first-order valence-corrected chi connectivity index (χ1v) is 12.9. The minimum Gasteiger partial charge on any atom is -0.389 e. The lowest BCUT2D eigenvalue weighted by Crippen LogP contribution is -2.41. The fourth-order valence-corrected chi connectivity index (χ4v) is 5.85. The Bertz CT molecular complexity index is 1720. The van der Waals surface area contributed by atoms with Crippen LogP contribution < -0.4 is 10.6 Å². The Kier molecular flexibility index (Phi) is 6.41. The Labute approximate surface area is 232 Å². The minimum absolute atomic E-state index is 0.0639. The van der Waals surface area contributed by atoms with Crippen molar-refractivity contribution >= 4 is 34.5 Å². The largest absolute Gasteiger partial charge is 0.389 e. The van der Waals surface area contributed by atoms with E-state index < -0.39 is 35.3 Å². The maximum Gasteiger partial charge on any atom is 0.229 e. The highest BCUT2D eigenvalue weighted by atomic mass is 35.5. The molecular formula is C28H23ClF2N6O3. The van der Waals surface area contributed by atoms with E-state index in [-0.39, 0.29) is 23.2 Å². The summed E-state index contributed by atoms with van der Waals surface area (Å²) in [6, 6.07) is 9.92. The van der Waals surface area contributed by atoms with E-state index in [9.17, 15) is 23.8 Å². The molecule has 40 heavy (non-hydrogen) atoms. The lowest BCUT2D eigenvalue weighted by atomic mass is 9.98. The standard InChI is InChI=1S/C28H23ClF2N6O3/c1-32-27(40)28-11-17(28)22(23(38)24(28)39)37-13-34-21-25(33-12-15-3-2-4-16(29)9-15)35-20(36-26(21)37)8-6-14-5-7-18(30)19(31)10-14/h2-5,7,9-10,13,17,22-24,38-39H,11-12H2,1H3,(H,32,40)(H,33,35,36)/t17-,22-,23-,24?,28-/m1/s1. The Morgan fingerprint density at radius 1 is 1.18 bits per heavy atom. The molecular weight excluding hydrogens is 542 g/mol. The molecule has 1 unspecified atom stereocenters. The average Bonchev–Trinajstić information content (AvgIpc) is 3.48. The molecule has 9 nitrogen and oxygen atoms in total. The summed E-state index contributed by atoms with van der Waals surface area (Å²) >= 11 is 6.12. The van der Waals surface area contributed by atoms with Gasteiger partial charge in [-0.25, -0.2) is 23.7 Å². The van der Waals surface area contributed by atoms with Gasteiger partial charge >= 0.3 is 0 Å². The third-order valence-corrected chi connectivity index (χ3v) is 7.89. The molecule has 2 aliphatic carbocycles. The molecule has 2 saturated carbocycles. The van der Waals surface area contributed by atoms with Gasteiger partial charge in [0, 0.05) is 30.1 Å². The molecule has 0 spiro atoms. The Balaban J connectivity index is 1.42. The number of aromatic nitrogens is 4. The summed E-state index contributed by atoms with van der Waals surface area (Å²) in [5, 5.41) is 28.2. The number of aliphatic hydroxyl groups excluding tert-OH is 2. The Morgan fingerprint density at radius 3 is 2.75 bits per heavy atom. The number of amides is 1. The smallest absolute Gasteiger partial charge is 0.229 e. The lowest BCUT2D eigenvalue weighted by molar-refractivity contribution is -0.132. The first kappa shape index (κ1) is 26.1. The number of rotatable bonds is 5. The summed E-state index contributed by atoms with van der Waals surface area (Å²) in [6.07, 6.45) is -0.587. The SMILES string of the molecule is CNC(=O)[C@]12C[C@@H]1[C@@H](n1cnc3c(NCc4cccc(Cl)c4)nc(C#Cc4ccc(F)c(F)c4)nc31)[C@@H](O)C2O. The van der Waals surface area contributed by atoms with Gasteiger partial charge in [0.25, 0.3) is 0 Å². The maximum absolute atomic E-state index is 13.7. The lowest BCUT2D eigenvalue weighted by Gasteiger charge is -2.23. The number of aliphatic hydroxyl groups is 2. The van der Waals surface area contributed by atoms with Crippen LogP contribution in [0.5, 0.6) is 0 Å². The molecule has 1 amide bonds. The van der Waals surface area contributed by atoms with Crippen LogP contribution in [-0.4, -0.2) is 54.9 Å². The number of hydrogen-bond donors (Lipinski definition) is 4. The summed E-state index contributed by atoms with van der Waals surface area (Å²) in [7, 11) is 1.49. The molecule has 6 rings (SSSR count). The molecule has 0 radical (unpaired) electrons. The van der Waals surface area contributed by atoms with E-state index in [1.807, 2.05) is 12.1 Å². The van der Waals surface area contributed by atoms with E-state index in [0.717, 1.165) is 17.7 Å². The van der Waals surface area contributed by atoms with E-state index >= 15 is 0 Å². The number of carbonyl (C=O) groups excluding carboxylic acids is 1. The van der Waals surface area contributed by atoms with Crippen LogP contribution in [0.2, 0.25) is 5.02 Å². The number of fused-ring (bicyclic) bond motifs is 2. The van der Waals surface area contributed by atoms with Crippen LogP contribution in [0.1, 0.15) is 29.4 Å². The van der Waals surface area contributed by atoms with Crippen molar-refractivity contribution in [3.8, 4) is 11.8 Å². The van der Waals surface area contributed by atoms with Gasteiger partial charge in [-0.1, -0.05) is 29.7 Å². The number of benzene rings is 2. The first-order valence-electron chi connectivity index (χ1n) is 12.5. The van der Waals surface area contributed by atoms with Crippen molar-refractivity contribution < 1.29 is 23.8 Å². The van der Waals surface area contributed by atoms with Gasteiger partial charge in [-0.2, -0.15) is 0 Å². The number of nitrogens with one attached hydrogen (secondary N) is 2. The van der Waals surface area contributed by atoms with Gasteiger partial charge in [-0.15, -0.1) is 0 Å². The normalized spacial score (nSPS) is 24.8. The second-order valence-corrected chi connectivity index (χ2v) is 10.4. The molecule has 5 atom stereocenters. The summed E-state index contributed by atoms with van der Waals surface area (Å²) in [5.41, 5.74) is 0.753.